The van der Waals surface area contributed by atoms with Crippen LogP contribution >= 0.6 is 0 Å². The van der Waals surface area contributed by atoms with Gasteiger partial charge in [0.1, 0.15) is 0 Å². The van der Waals surface area contributed by atoms with Crippen LogP contribution in [-0.2, 0) is 0 Å². The Balaban J connectivity index is 1.83. The molecule has 116 valence electrons. The van der Waals surface area contributed by atoms with Crippen molar-refractivity contribution in [3.63, 3.8) is 0 Å². The van der Waals surface area contributed by atoms with E-state index in [4.69, 9.17) is 11.5 Å². The van der Waals surface area contributed by atoms with Gasteiger partial charge in [-0.25, -0.2) is 0 Å². The molecule has 0 amide bonds. The lowest BCUT2D eigenvalue weighted by molar-refractivity contribution is 0.580. The van der Waals surface area contributed by atoms with Gasteiger partial charge in [0.25, 0.3) is 0 Å². The second kappa shape index (κ2) is 7.12. The van der Waals surface area contributed by atoms with Crippen molar-refractivity contribution in [2.45, 2.75) is 12.5 Å². The second-order valence-corrected chi connectivity index (χ2v) is 5.83. The molecule has 0 bridgehead atoms. The first-order valence-corrected chi connectivity index (χ1v) is 7.96. The number of nitrogens with two attached hydrogens (primary N) is 2. The molecule has 2 unspecified atom stereocenters. The summed E-state index contributed by atoms with van der Waals surface area (Å²) < 4.78 is 0. The van der Waals surface area contributed by atoms with Gasteiger partial charge in [0, 0.05) is 6.04 Å². The Morgan fingerprint density at radius 2 is 1.57 bits per heavy atom. The summed E-state index contributed by atoms with van der Waals surface area (Å²) in [5, 5.41) is 0. The van der Waals surface area contributed by atoms with Gasteiger partial charge in [0.2, 0.25) is 0 Å². The van der Waals surface area contributed by atoms with Crippen molar-refractivity contribution in [1.29, 1.82) is 0 Å². The highest BCUT2D eigenvalue weighted by molar-refractivity contribution is 5.77. The minimum absolute atomic E-state index is 0.0384. The minimum atomic E-state index is -0.0384. The third kappa shape index (κ3) is 3.61. The zero-order valence-electron chi connectivity index (χ0n) is 13.1. The van der Waals surface area contributed by atoms with E-state index in [1.54, 1.807) is 0 Å². The predicted molar refractivity (Wildman–Crippen MR) is 98.4 cm³/mol. The fourth-order valence-corrected chi connectivity index (χ4v) is 2.92. The lowest BCUT2D eigenvalue weighted by Crippen LogP contribution is -2.27. The van der Waals surface area contributed by atoms with Crippen molar-refractivity contribution in [1.82, 2.24) is 0 Å². The SMILES string of the molecule is N/C=C\C(N)C1C=C(c2ccc(-c3ccccc3)cc2)C=CC1. The molecule has 0 aliphatic heterocycles. The Kier molecular flexibility index (Phi) is 4.74. The molecule has 2 heteroatoms. The van der Waals surface area contributed by atoms with Gasteiger partial charge < -0.3 is 11.5 Å². The molecule has 0 spiro atoms. The van der Waals surface area contributed by atoms with Gasteiger partial charge in [-0.1, -0.05) is 78.9 Å². The average Bonchev–Trinajstić information content (AvgIpc) is 2.63. The summed E-state index contributed by atoms with van der Waals surface area (Å²) in [5.74, 6) is 0.295. The van der Waals surface area contributed by atoms with Gasteiger partial charge in [-0.2, -0.15) is 0 Å². The molecule has 2 aromatic rings. The average molecular weight is 302 g/mol. The molecular formula is C21H22N2. The van der Waals surface area contributed by atoms with Gasteiger partial charge in [-0.3, -0.25) is 0 Å². The molecule has 4 N–H and O–H groups in total. The van der Waals surface area contributed by atoms with Crippen LogP contribution < -0.4 is 11.5 Å². The number of hydrogen-bond acceptors (Lipinski definition) is 2. The van der Waals surface area contributed by atoms with E-state index in [0.29, 0.717) is 5.92 Å². The first-order valence-electron chi connectivity index (χ1n) is 7.96. The second-order valence-electron chi connectivity index (χ2n) is 5.83. The van der Waals surface area contributed by atoms with Gasteiger partial charge in [0.15, 0.2) is 0 Å². The van der Waals surface area contributed by atoms with E-state index in [0.717, 1.165) is 6.42 Å². The molecule has 0 saturated heterocycles. The topological polar surface area (TPSA) is 52.0 Å². The summed E-state index contributed by atoms with van der Waals surface area (Å²) in [4.78, 5) is 0. The summed E-state index contributed by atoms with van der Waals surface area (Å²) in [6.45, 7) is 0. The van der Waals surface area contributed by atoms with Crippen molar-refractivity contribution in [2.75, 3.05) is 0 Å². The Morgan fingerprint density at radius 3 is 2.26 bits per heavy atom. The van der Waals surface area contributed by atoms with Crippen molar-refractivity contribution < 1.29 is 0 Å². The first-order chi connectivity index (χ1) is 11.3. The van der Waals surface area contributed by atoms with Crippen molar-refractivity contribution in [3.8, 4) is 11.1 Å². The van der Waals surface area contributed by atoms with Crippen LogP contribution in [0.25, 0.3) is 16.7 Å². The summed E-state index contributed by atoms with van der Waals surface area (Å²) in [5.41, 5.74) is 16.5. The van der Waals surface area contributed by atoms with Crippen LogP contribution in [0.3, 0.4) is 0 Å². The van der Waals surface area contributed by atoms with Crippen molar-refractivity contribution >= 4 is 5.57 Å². The van der Waals surface area contributed by atoms with Crippen LogP contribution in [-0.4, -0.2) is 6.04 Å². The lowest BCUT2D eigenvalue weighted by atomic mass is 9.87. The number of hydrogen-bond donors (Lipinski definition) is 2. The molecule has 2 nitrogen and oxygen atoms in total. The van der Waals surface area contributed by atoms with Crippen LogP contribution in [0.15, 0.2) is 85.1 Å². The summed E-state index contributed by atoms with van der Waals surface area (Å²) in [7, 11) is 0. The van der Waals surface area contributed by atoms with Gasteiger partial charge >= 0.3 is 0 Å². The van der Waals surface area contributed by atoms with Crippen LogP contribution in [0.2, 0.25) is 0 Å². The quantitative estimate of drug-likeness (QED) is 0.893. The van der Waals surface area contributed by atoms with Crippen molar-refractivity contribution in [3.05, 3.63) is 90.7 Å². The highest BCUT2D eigenvalue weighted by Gasteiger charge is 2.15. The smallest absolute Gasteiger partial charge is 0.0307 e. The monoisotopic (exact) mass is 302 g/mol. The van der Waals surface area contributed by atoms with E-state index in [2.05, 4.69) is 66.8 Å². The number of allylic oxidation sites excluding steroid dienone is 3. The Morgan fingerprint density at radius 1 is 0.913 bits per heavy atom. The highest BCUT2D eigenvalue weighted by atomic mass is 14.6. The van der Waals surface area contributed by atoms with E-state index in [-0.39, 0.29) is 6.04 Å². The molecule has 3 rings (SSSR count). The van der Waals surface area contributed by atoms with Crippen LogP contribution in [0, 0.1) is 5.92 Å². The first kappa shape index (κ1) is 15.3. The maximum Gasteiger partial charge on any atom is 0.0307 e. The zero-order chi connectivity index (χ0) is 16.1. The molecule has 23 heavy (non-hydrogen) atoms. The van der Waals surface area contributed by atoms with E-state index in [1.807, 2.05) is 12.1 Å². The molecule has 0 radical (unpaired) electrons. The normalized spacial score (nSPS) is 18.8. The molecular weight excluding hydrogens is 280 g/mol. The van der Waals surface area contributed by atoms with Crippen molar-refractivity contribution in [2.24, 2.45) is 17.4 Å². The maximum atomic E-state index is 6.15. The largest absolute Gasteiger partial charge is 0.405 e. The molecule has 0 saturated carbocycles. The fraction of sp³-hybridized carbons (Fsp3) is 0.143. The molecule has 0 heterocycles. The number of benzene rings is 2. The standard InChI is InChI=1S/C21H22N2/c22-14-13-21(23)20-8-4-7-19(15-20)18-11-9-17(10-12-18)16-5-2-1-3-6-16/h1-7,9-15,20-21H,8,22-23H2/b14-13-. The summed E-state index contributed by atoms with van der Waals surface area (Å²) >= 11 is 0. The van der Waals surface area contributed by atoms with Gasteiger partial charge in [-0.05, 0) is 40.8 Å². The minimum Gasteiger partial charge on any atom is -0.405 e. The van der Waals surface area contributed by atoms with Crippen LogP contribution in [0.1, 0.15) is 12.0 Å². The van der Waals surface area contributed by atoms with E-state index >= 15 is 0 Å². The Labute approximate surface area is 137 Å². The molecule has 2 aromatic carbocycles. The lowest BCUT2D eigenvalue weighted by Gasteiger charge is -2.21. The third-order valence-corrected chi connectivity index (χ3v) is 4.25. The zero-order valence-corrected chi connectivity index (χ0v) is 13.1. The van der Waals surface area contributed by atoms with Gasteiger partial charge in [0.05, 0.1) is 0 Å². The molecule has 0 aromatic heterocycles. The fourth-order valence-electron chi connectivity index (χ4n) is 2.92. The highest BCUT2D eigenvalue weighted by Crippen LogP contribution is 2.28. The Hall–Kier alpha value is -2.58. The summed E-state index contributed by atoms with van der Waals surface area (Å²) in [6.07, 6.45) is 11.0. The summed E-state index contributed by atoms with van der Waals surface area (Å²) in [6, 6.07) is 19.1. The van der Waals surface area contributed by atoms with E-state index < -0.39 is 0 Å². The molecule has 1 aliphatic carbocycles. The third-order valence-electron chi connectivity index (χ3n) is 4.25. The molecule has 2 atom stereocenters. The van der Waals surface area contributed by atoms with E-state index in [9.17, 15) is 0 Å². The molecule has 1 aliphatic rings. The predicted octanol–water partition coefficient (Wildman–Crippen LogP) is 4.11. The number of rotatable bonds is 4. The maximum absolute atomic E-state index is 6.15. The van der Waals surface area contributed by atoms with Gasteiger partial charge in [-0.15, -0.1) is 0 Å². The van der Waals surface area contributed by atoms with E-state index in [1.165, 1.54) is 28.5 Å². The van der Waals surface area contributed by atoms with Crippen LogP contribution in [0.4, 0.5) is 0 Å². The van der Waals surface area contributed by atoms with Crippen LogP contribution in [0.5, 0.6) is 0 Å². The molecule has 0 fully saturated rings. The Bertz CT molecular complexity index is 724.